The summed E-state index contributed by atoms with van der Waals surface area (Å²) in [6, 6.07) is 13.9. The van der Waals surface area contributed by atoms with Gasteiger partial charge in [0.15, 0.2) is 0 Å². The molecule has 3 aliphatic carbocycles. The zero-order valence-electron chi connectivity index (χ0n) is 22.9. The molecule has 2 amide bonds. The number of hydrogen-bond acceptors (Lipinski definition) is 5. The molecule has 1 aromatic heterocycles. The topological polar surface area (TPSA) is 126 Å². The Kier molecular flexibility index (Phi) is 7.80. The number of aromatic hydroxyl groups is 1. The standard InChI is InChI=1S/C32H40N4O4/c37-28-6-4-26(27-5-7-30(39)36-31(27)28)29(38)18-33-9-8-19-2-1-3-25(16-19)35-32(40)34-17-22-11-20-10-21-13-23(12-20)24(14-21)15-22/h1-7,16,20-24,29,33,37-38H,8-15,17-18H2,(H,36,39)(H2,34,35,40). The van der Waals surface area contributed by atoms with Gasteiger partial charge in [0.1, 0.15) is 5.75 Å². The average Bonchev–Trinajstić information content (AvgIpc) is 3.15. The second kappa shape index (κ2) is 11.6. The first-order valence-corrected chi connectivity index (χ1v) is 14.8. The van der Waals surface area contributed by atoms with Crippen molar-refractivity contribution in [3.05, 3.63) is 70.0 Å². The Bertz CT molecular complexity index is 1420. The number of phenols is 1. The molecular weight excluding hydrogens is 504 g/mol. The summed E-state index contributed by atoms with van der Waals surface area (Å²) in [5.41, 5.74) is 2.52. The Morgan fingerprint density at radius 3 is 2.62 bits per heavy atom. The van der Waals surface area contributed by atoms with E-state index in [4.69, 9.17) is 0 Å². The number of phenolic OH excluding ortho intramolecular Hbond substituents is 1. The number of anilines is 1. The number of benzene rings is 2. The van der Waals surface area contributed by atoms with Crippen LogP contribution >= 0.6 is 0 Å². The second-order valence-corrected chi connectivity index (χ2v) is 12.3. The van der Waals surface area contributed by atoms with Crippen LogP contribution in [0, 0.1) is 29.6 Å². The highest BCUT2D eigenvalue weighted by molar-refractivity contribution is 5.89. The molecule has 3 aromatic rings. The number of amides is 2. The summed E-state index contributed by atoms with van der Waals surface area (Å²) in [6.07, 6.45) is 8.17. The van der Waals surface area contributed by atoms with Gasteiger partial charge in [-0.05, 0) is 116 Å². The van der Waals surface area contributed by atoms with Gasteiger partial charge in [0.05, 0.1) is 11.6 Å². The maximum Gasteiger partial charge on any atom is 0.319 e. The number of aliphatic hydroxyl groups is 1. The fourth-order valence-electron chi connectivity index (χ4n) is 7.81. The van der Waals surface area contributed by atoms with Gasteiger partial charge in [0.2, 0.25) is 5.56 Å². The summed E-state index contributed by atoms with van der Waals surface area (Å²) >= 11 is 0. The van der Waals surface area contributed by atoms with E-state index in [9.17, 15) is 19.8 Å². The van der Waals surface area contributed by atoms with Crippen molar-refractivity contribution in [2.24, 2.45) is 29.6 Å². The van der Waals surface area contributed by atoms with E-state index in [1.807, 2.05) is 24.3 Å². The van der Waals surface area contributed by atoms with Gasteiger partial charge in [-0.15, -0.1) is 0 Å². The molecule has 0 radical (unpaired) electrons. The van der Waals surface area contributed by atoms with Crippen molar-refractivity contribution < 1.29 is 15.0 Å². The van der Waals surface area contributed by atoms with Crippen molar-refractivity contribution in [1.82, 2.24) is 15.6 Å². The minimum atomic E-state index is -0.801. The zero-order chi connectivity index (χ0) is 27.6. The van der Waals surface area contributed by atoms with Gasteiger partial charge < -0.3 is 31.1 Å². The van der Waals surface area contributed by atoms with Crippen molar-refractivity contribution in [3.8, 4) is 5.75 Å². The number of hydrogen-bond donors (Lipinski definition) is 6. The maximum atomic E-state index is 12.7. The van der Waals surface area contributed by atoms with E-state index in [1.54, 1.807) is 12.1 Å². The number of aromatic amines is 1. The quantitative estimate of drug-likeness (QED) is 0.218. The Morgan fingerprint density at radius 2 is 1.77 bits per heavy atom. The van der Waals surface area contributed by atoms with Crippen molar-refractivity contribution >= 4 is 22.6 Å². The van der Waals surface area contributed by atoms with Crippen LogP contribution in [-0.4, -0.2) is 40.9 Å². The number of rotatable bonds is 9. The molecule has 212 valence electrons. The maximum absolute atomic E-state index is 12.7. The van der Waals surface area contributed by atoms with Gasteiger partial charge in [-0.3, -0.25) is 4.79 Å². The van der Waals surface area contributed by atoms with Crippen LogP contribution in [0.4, 0.5) is 10.5 Å². The lowest BCUT2D eigenvalue weighted by atomic mass is 9.78. The third-order valence-electron chi connectivity index (χ3n) is 9.47. The van der Waals surface area contributed by atoms with E-state index in [1.165, 1.54) is 50.7 Å². The highest BCUT2D eigenvalue weighted by Gasteiger charge is 2.44. The highest BCUT2D eigenvalue weighted by atomic mass is 16.3. The van der Waals surface area contributed by atoms with Crippen LogP contribution in [0.5, 0.6) is 5.75 Å². The molecule has 40 heavy (non-hydrogen) atoms. The van der Waals surface area contributed by atoms with Crippen LogP contribution in [0.1, 0.15) is 55.8 Å². The average molecular weight is 545 g/mol. The van der Waals surface area contributed by atoms with Crippen LogP contribution in [0.3, 0.4) is 0 Å². The monoisotopic (exact) mass is 544 g/mol. The van der Waals surface area contributed by atoms with E-state index in [0.29, 0.717) is 35.5 Å². The van der Waals surface area contributed by atoms with E-state index < -0.39 is 6.10 Å². The van der Waals surface area contributed by atoms with Gasteiger partial charge in [-0.25, -0.2) is 4.79 Å². The van der Waals surface area contributed by atoms with Crippen LogP contribution in [0.15, 0.2) is 53.3 Å². The number of pyridine rings is 1. The number of carbonyl (C=O) groups is 1. The molecule has 6 unspecified atom stereocenters. The largest absolute Gasteiger partial charge is 0.506 e. The molecule has 0 saturated heterocycles. The third-order valence-corrected chi connectivity index (χ3v) is 9.47. The molecule has 1 heterocycles. The number of carbonyl (C=O) groups excluding carboxylic acids is 1. The van der Waals surface area contributed by atoms with Gasteiger partial charge in [0.25, 0.3) is 0 Å². The molecule has 3 fully saturated rings. The molecule has 8 heteroatoms. The van der Waals surface area contributed by atoms with Crippen molar-refractivity contribution in [3.63, 3.8) is 0 Å². The summed E-state index contributed by atoms with van der Waals surface area (Å²) in [5, 5.41) is 30.9. The van der Waals surface area contributed by atoms with Crippen LogP contribution in [0.25, 0.3) is 10.9 Å². The SMILES string of the molecule is O=C(NCC1CC2CC3CC(C1)C(C2)C3)Nc1cccc(CCNCC(O)c2ccc(O)c3[nH]c(=O)ccc23)c1. The number of H-pyrrole nitrogens is 1. The number of nitrogens with one attached hydrogen (secondary N) is 4. The first kappa shape index (κ1) is 26.8. The Balaban J connectivity index is 0.957. The van der Waals surface area contributed by atoms with Gasteiger partial charge in [-0.2, -0.15) is 0 Å². The summed E-state index contributed by atoms with van der Waals surface area (Å²) in [7, 11) is 0. The van der Waals surface area contributed by atoms with Crippen molar-refractivity contribution in [2.75, 3.05) is 25.0 Å². The van der Waals surface area contributed by atoms with Crippen LogP contribution in [0.2, 0.25) is 0 Å². The summed E-state index contributed by atoms with van der Waals surface area (Å²) in [6.45, 7) is 1.73. The number of aromatic nitrogens is 1. The van der Waals surface area contributed by atoms with Crippen LogP contribution < -0.4 is 21.5 Å². The molecule has 6 rings (SSSR count). The predicted molar refractivity (Wildman–Crippen MR) is 156 cm³/mol. The lowest BCUT2D eigenvalue weighted by Crippen LogP contribution is -2.34. The Hall–Kier alpha value is -3.36. The fourth-order valence-corrected chi connectivity index (χ4v) is 7.81. The smallest absolute Gasteiger partial charge is 0.319 e. The lowest BCUT2D eigenvalue weighted by molar-refractivity contribution is 0.176. The third kappa shape index (κ3) is 6.03. The molecule has 0 aliphatic heterocycles. The van der Waals surface area contributed by atoms with Gasteiger partial charge in [-0.1, -0.05) is 18.2 Å². The van der Waals surface area contributed by atoms with E-state index in [0.717, 1.165) is 47.9 Å². The first-order chi connectivity index (χ1) is 19.4. The minimum absolute atomic E-state index is 0.0261. The first-order valence-electron chi connectivity index (χ1n) is 14.8. The minimum Gasteiger partial charge on any atom is -0.506 e. The molecule has 6 N–H and O–H groups in total. The van der Waals surface area contributed by atoms with E-state index in [2.05, 4.69) is 20.9 Å². The Morgan fingerprint density at radius 1 is 0.975 bits per heavy atom. The fraction of sp³-hybridized carbons (Fsp3) is 0.500. The van der Waals surface area contributed by atoms with Crippen LogP contribution in [-0.2, 0) is 6.42 Å². The zero-order valence-corrected chi connectivity index (χ0v) is 22.9. The number of aliphatic hydroxyl groups excluding tert-OH is 1. The molecule has 2 aromatic carbocycles. The number of urea groups is 1. The van der Waals surface area contributed by atoms with E-state index in [-0.39, 0.29) is 17.3 Å². The molecule has 3 aliphatic rings. The second-order valence-electron chi connectivity index (χ2n) is 12.3. The van der Waals surface area contributed by atoms with Crippen molar-refractivity contribution in [2.45, 2.75) is 51.0 Å². The molecule has 0 spiro atoms. The summed E-state index contributed by atoms with van der Waals surface area (Å²) in [4.78, 5) is 26.9. The normalized spacial score (nSPS) is 26.0. The molecule has 3 bridgehead atoms. The molecule has 6 atom stereocenters. The predicted octanol–water partition coefficient (Wildman–Crippen LogP) is 4.68. The molecule has 3 saturated carbocycles. The van der Waals surface area contributed by atoms with Gasteiger partial charge in [0, 0.05) is 30.2 Å². The Labute approximate surface area is 234 Å². The summed E-state index contributed by atoms with van der Waals surface area (Å²) < 4.78 is 0. The highest BCUT2D eigenvalue weighted by Crippen LogP contribution is 2.54. The number of fused-ring (bicyclic) bond motifs is 3. The van der Waals surface area contributed by atoms with E-state index >= 15 is 0 Å². The summed E-state index contributed by atoms with van der Waals surface area (Å²) in [5.74, 6) is 4.24. The molecule has 8 nitrogen and oxygen atoms in total. The molecular formula is C32H40N4O4. The van der Waals surface area contributed by atoms with Gasteiger partial charge >= 0.3 is 6.03 Å². The lowest BCUT2D eigenvalue weighted by Gasteiger charge is -2.28. The van der Waals surface area contributed by atoms with Crippen molar-refractivity contribution in [1.29, 1.82) is 0 Å².